The Morgan fingerprint density at radius 2 is 1.76 bits per heavy atom. The number of aromatic nitrogens is 1. The van der Waals surface area contributed by atoms with Crippen LogP contribution < -0.4 is 5.32 Å². The van der Waals surface area contributed by atoms with E-state index >= 15 is 0 Å². The maximum Gasteiger partial charge on any atom is 0.315 e. The molecule has 178 valence electrons. The Morgan fingerprint density at radius 3 is 2.27 bits per heavy atom. The van der Waals surface area contributed by atoms with Crippen molar-refractivity contribution in [2.75, 3.05) is 31.3 Å². The van der Waals surface area contributed by atoms with Crippen LogP contribution in [-0.4, -0.2) is 73.1 Å². The van der Waals surface area contributed by atoms with Crippen LogP contribution in [0.3, 0.4) is 0 Å². The quantitative estimate of drug-likeness (QED) is 0.594. The summed E-state index contributed by atoms with van der Waals surface area (Å²) in [6.45, 7) is 0.969. The predicted octanol–water partition coefficient (Wildman–Crippen LogP) is 1.73. The smallest absolute Gasteiger partial charge is 0.315 e. The number of nitrogens with zero attached hydrogens (tertiary/aromatic N) is 2. The van der Waals surface area contributed by atoms with Gasteiger partial charge in [-0.2, -0.15) is 8.78 Å². The lowest BCUT2D eigenvalue weighted by Crippen LogP contribution is -2.67. The largest absolute Gasteiger partial charge is 0.386 e. The van der Waals surface area contributed by atoms with Crippen LogP contribution >= 0.6 is 0 Å². The lowest BCUT2D eigenvalue weighted by molar-refractivity contribution is -0.133. The maximum absolute atomic E-state index is 13.2. The fourth-order valence-corrected chi connectivity index (χ4v) is 6.70. The molecule has 2 aromatic rings. The number of aliphatic hydroxyl groups is 1. The normalized spacial score (nSPS) is 20.6. The molecule has 2 N–H and O–H groups in total. The molecule has 0 unspecified atom stereocenters. The number of rotatable bonds is 8. The third-order valence-electron chi connectivity index (χ3n) is 6.04. The number of pyridine rings is 1. The van der Waals surface area contributed by atoms with E-state index in [-0.39, 0.29) is 22.5 Å². The third kappa shape index (κ3) is 5.20. The molecular weight excluding hydrogens is 459 g/mol. The highest BCUT2D eigenvalue weighted by atomic mass is 32.2. The summed E-state index contributed by atoms with van der Waals surface area (Å²) in [6.07, 6.45) is -3.06. The molecule has 4 rings (SSSR count). The molecule has 2 aliphatic heterocycles. The van der Waals surface area contributed by atoms with Crippen molar-refractivity contribution in [1.82, 2.24) is 15.2 Å². The van der Waals surface area contributed by atoms with Crippen LogP contribution in [0.1, 0.15) is 17.4 Å². The van der Waals surface area contributed by atoms with Crippen LogP contribution in [0.5, 0.6) is 0 Å². The summed E-state index contributed by atoms with van der Waals surface area (Å²) in [6, 6.07) is 8.77. The van der Waals surface area contributed by atoms with Gasteiger partial charge in [-0.1, -0.05) is 30.3 Å². The number of hydrogen-bond donors (Lipinski definition) is 2. The number of hydrogen-bond acceptors (Lipinski definition) is 6. The lowest BCUT2D eigenvalue weighted by atomic mass is 9.83. The summed E-state index contributed by atoms with van der Waals surface area (Å²) in [7, 11) is -2.83. The third-order valence-corrected chi connectivity index (χ3v) is 8.14. The summed E-state index contributed by atoms with van der Waals surface area (Å²) < 4.78 is 60.7. The summed E-state index contributed by atoms with van der Waals surface area (Å²) >= 11 is 0. The average Bonchev–Trinajstić information content (AvgIpc) is 2.75. The first-order valence-electron chi connectivity index (χ1n) is 10.4. The first kappa shape index (κ1) is 23.7. The van der Waals surface area contributed by atoms with Crippen molar-refractivity contribution in [3.05, 3.63) is 53.9 Å². The molecule has 1 aromatic carbocycles. The van der Waals surface area contributed by atoms with E-state index in [4.69, 9.17) is 0 Å². The van der Waals surface area contributed by atoms with Gasteiger partial charge in [-0.05, 0) is 17.2 Å². The first-order chi connectivity index (χ1) is 15.6. The van der Waals surface area contributed by atoms with Gasteiger partial charge < -0.3 is 10.4 Å². The van der Waals surface area contributed by atoms with E-state index in [1.807, 2.05) is 12.1 Å². The van der Waals surface area contributed by atoms with Crippen molar-refractivity contribution in [2.24, 2.45) is 5.41 Å². The second-order valence-electron chi connectivity index (χ2n) is 8.85. The van der Waals surface area contributed by atoms with Crippen molar-refractivity contribution in [3.63, 3.8) is 0 Å². The SMILES string of the molecule is O=C(N[C@H](CF)[C@H](O)c1ccc(-c2ccc(CN3CC4(C3)CS(=O)(=O)C4)nc2)cc1)C(F)F. The molecule has 0 aliphatic carbocycles. The van der Waals surface area contributed by atoms with Crippen LogP contribution in [0.4, 0.5) is 13.2 Å². The van der Waals surface area contributed by atoms with Crippen molar-refractivity contribution in [3.8, 4) is 11.1 Å². The van der Waals surface area contributed by atoms with Gasteiger partial charge in [0.05, 0.1) is 23.2 Å². The van der Waals surface area contributed by atoms with E-state index in [1.165, 1.54) is 12.1 Å². The van der Waals surface area contributed by atoms with E-state index in [0.29, 0.717) is 6.54 Å². The molecule has 2 fully saturated rings. The number of halogens is 3. The Hall–Kier alpha value is -2.50. The lowest BCUT2D eigenvalue weighted by Gasteiger charge is -2.54. The molecule has 33 heavy (non-hydrogen) atoms. The van der Waals surface area contributed by atoms with E-state index in [0.717, 1.165) is 29.9 Å². The van der Waals surface area contributed by atoms with Crippen molar-refractivity contribution >= 4 is 15.7 Å². The minimum Gasteiger partial charge on any atom is -0.386 e. The fourth-order valence-electron chi connectivity index (χ4n) is 4.56. The minimum atomic E-state index is -3.29. The van der Waals surface area contributed by atoms with E-state index in [9.17, 15) is 31.5 Å². The fraction of sp³-hybridized carbons (Fsp3) is 0.455. The van der Waals surface area contributed by atoms with Gasteiger partial charge in [-0.25, -0.2) is 12.8 Å². The first-order valence-corrected chi connectivity index (χ1v) is 12.2. The Bertz CT molecular complexity index is 1090. The number of amides is 1. The number of carbonyl (C=O) groups excluding carboxylic acids is 1. The van der Waals surface area contributed by atoms with Crippen LogP contribution in [-0.2, 0) is 21.2 Å². The summed E-state index contributed by atoms with van der Waals surface area (Å²) in [5.74, 6) is -1.08. The number of nitrogens with one attached hydrogen (secondary N) is 1. The summed E-state index contributed by atoms with van der Waals surface area (Å²) in [5, 5.41) is 12.1. The molecule has 3 heterocycles. The molecule has 0 radical (unpaired) electrons. The second kappa shape index (κ2) is 9.03. The van der Waals surface area contributed by atoms with Crippen LogP contribution in [0.2, 0.25) is 0 Å². The Kier molecular flexibility index (Phi) is 6.47. The van der Waals surface area contributed by atoms with Crippen molar-refractivity contribution in [2.45, 2.75) is 25.1 Å². The number of benzene rings is 1. The topological polar surface area (TPSA) is 99.6 Å². The van der Waals surface area contributed by atoms with Gasteiger partial charge in [0.25, 0.3) is 5.91 Å². The minimum absolute atomic E-state index is 0.0610. The van der Waals surface area contributed by atoms with Crippen molar-refractivity contribution < 1.29 is 31.5 Å². The number of aliphatic hydroxyl groups excluding tert-OH is 1. The highest BCUT2D eigenvalue weighted by Crippen LogP contribution is 2.41. The summed E-state index contributed by atoms with van der Waals surface area (Å²) in [4.78, 5) is 17.7. The van der Waals surface area contributed by atoms with Crippen LogP contribution in [0.25, 0.3) is 11.1 Å². The predicted molar refractivity (Wildman–Crippen MR) is 115 cm³/mol. The molecule has 2 aliphatic rings. The second-order valence-corrected chi connectivity index (χ2v) is 10.9. The maximum atomic E-state index is 13.2. The van der Waals surface area contributed by atoms with E-state index < -0.39 is 41.0 Å². The van der Waals surface area contributed by atoms with Gasteiger partial charge in [0, 0.05) is 36.8 Å². The number of alkyl halides is 3. The molecule has 7 nitrogen and oxygen atoms in total. The molecule has 1 spiro atoms. The highest BCUT2D eigenvalue weighted by Gasteiger charge is 2.55. The van der Waals surface area contributed by atoms with Gasteiger partial charge in [0.15, 0.2) is 9.84 Å². The zero-order chi connectivity index (χ0) is 23.8. The molecule has 2 saturated heterocycles. The molecule has 0 saturated carbocycles. The number of sulfone groups is 1. The highest BCUT2D eigenvalue weighted by molar-refractivity contribution is 7.92. The molecule has 11 heteroatoms. The molecule has 0 bridgehead atoms. The Balaban J connectivity index is 1.33. The van der Waals surface area contributed by atoms with Crippen LogP contribution in [0, 0.1) is 5.41 Å². The number of likely N-dealkylation sites (tertiary alicyclic amines) is 1. The molecule has 1 aromatic heterocycles. The van der Waals surface area contributed by atoms with Crippen LogP contribution in [0.15, 0.2) is 42.6 Å². The summed E-state index contributed by atoms with van der Waals surface area (Å²) in [5.41, 5.74) is 2.70. The van der Waals surface area contributed by atoms with E-state index in [2.05, 4.69) is 9.88 Å². The standard InChI is InChI=1S/C22H24F3N3O4S/c23-7-18(27-21(30)20(24)25)19(29)15-3-1-14(2-4-15)16-5-6-17(26-8-16)9-28-10-22(11-28)12-33(31,32)13-22/h1-6,8,18-20,29H,7,9-13H2,(H,27,30)/t18-,19-/m1/s1. The average molecular weight is 484 g/mol. The molecule has 2 atom stereocenters. The van der Waals surface area contributed by atoms with Gasteiger partial charge in [-0.3, -0.25) is 14.7 Å². The molecule has 1 amide bonds. The van der Waals surface area contributed by atoms with E-state index in [1.54, 1.807) is 23.6 Å². The zero-order valence-corrected chi connectivity index (χ0v) is 18.4. The Morgan fingerprint density at radius 1 is 1.12 bits per heavy atom. The Labute approximate surface area is 189 Å². The van der Waals surface area contributed by atoms with Gasteiger partial charge in [0.2, 0.25) is 0 Å². The molecular formula is C22H24F3N3O4S. The van der Waals surface area contributed by atoms with Crippen molar-refractivity contribution in [1.29, 1.82) is 0 Å². The zero-order valence-electron chi connectivity index (χ0n) is 17.6. The van der Waals surface area contributed by atoms with Gasteiger partial charge >= 0.3 is 6.43 Å². The van der Waals surface area contributed by atoms with Gasteiger partial charge in [-0.15, -0.1) is 0 Å². The number of carbonyl (C=O) groups is 1. The van der Waals surface area contributed by atoms with Gasteiger partial charge in [0.1, 0.15) is 12.8 Å². The monoisotopic (exact) mass is 483 g/mol.